The predicted octanol–water partition coefficient (Wildman–Crippen LogP) is 5.25. The molecule has 0 saturated carbocycles. The first-order valence-corrected chi connectivity index (χ1v) is 8.71. The smallest absolute Gasteiger partial charge is 0.256 e. The Hall–Kier alpha value is -3.33. The molecule has 0 unspecified atom stereocenters. The first-order valence-electron chi connectivity index (χ1n) is 8.71. The Labute approximate surface area is 152 Å². The van der Waals surface area contributed by atoms with E-state index in [9.17, 15) is 4.79 Å². The van der Waals surface area contributed by atoms with Gasteiger partial charge in [0.2, 0.25) is 0 Å². The van der Waals surface area contributed by atoms with Crippen LogP contribution in [0.25, 0.3) is 22.8 Å². The van der Waals surface area contributed by atoms with Gasteiger partial charge in [0, 0.05) is 22.4 Å². The topological polar surface area (TPSA) is 38.3 Å². The van der Waals surface area contributed by atoms with Crippen molar-refractivity contribution >= 4 is 23.2 Å². The number of fused-ring (bicyclic) bond motifs is 1. The van der Waals surface area contributed by atoms with Crippen molar-refractivity contribution in [2.75, 3.05) is 11.9 Å². The van der Waals surface area contributed by atoms with Gasteiger partial charge in [-0.05, 0) is 36.3 Å². The van der Waals surface area contributed by atoms with E-state index in [0.717, 1.165) is 33.7 Å². The van der Waals surface area contributed by atoms with E-state index in [2.05, 4.69) is 23.5 Å². The highest BCUT2D eigenvalue weighted by Gasteiger charge is 2.24. The Kier molecular flexibility index (Phi) is 4.28. The molecule has 0 fully saturated rings. The fraction of sp³-hybridized carbons (Fsp3) is 0.0870. The van der Waals surface area contributed by atoms with Gasteiger partial charge in [-0.1, -0.05) is 60.7 Å². The molecule has 0 radical (unpaired) electrons. The largest absolute Gasteiger partial charge is 0.493 e. The van der Waals surface area contributed by atoms with Crippen LogP contribution >= 0.6 is 0 Å². The Bertz CT molecular complexity index is 990. The molecule has 1 N–H and O–H groups in total. The normalized spacial score (nSPS) is 14.2. The molecular weight excluding hydrogens is 322 g/mol. The third kappa shape index (κ3) is 3.00. The number of nitrogens with one attached hydrogen (secondary N) is 1. The second-order valence-corrected chi connectivity index (χ2v) is 6.11. The molecule has 0 bridgehead atoms. The molecule has 1 aliphatic rings. The minimum absolute atomic E-state index is 0.0866. The fourth-order valence-electron chi connectivity index (χ4n) is 3.19. The minimum atomic E-state index is -0.0866. The maximum Gasteiger partial charge on any atom is 0.256 e. The maximum absolute atomic E-state index is 12.5. The van der Waals surface area contributed by atoms with E-state index in [1.807, 2.05) is 67.6 Å². The second kappa shape index (κ2) is 6.89. The van der Waals surface area contributed by atoms with Crippen molar-refractivity contribution in [3.8, 4) is 16.9 Å². The van der Waals surface area contributed by atoms with Crippen molar-refractivity contribution in [1.29, 1.82) is 0 Å². The number of hydrogen-bond acceptors (Lipinski definition) is 2. The van der Waals surface area contributed by atoms with Crippen molar-refractivity contribution < 1.29 is 9.53 Å². The number of benzene rings is 3. The molecule has 1 heterocycles. The van der Waals surface area contributed by atoms with E-state index < -0.39 is 0 Å². The monoisotopic (exact) mass is 341 g/mol. The molecule has 0 aromatic heterocycles. The molecule has 4 rings (SSSR count). The SMILES string of the molecule is CCOc1ccccc1/C=C1/C(=O)Nc2cc(-c3ccccc3)ccc21. The molecule has 3 aromatic rings. The van der Waals surface area contributed by atoms with Gasteiger partial charge in [0.1, 0.15) is 5.75 Å². The molecule has 26 heavy (non-hydrogen) atoms. The van der Waals surface area contributed by atoms with Crippen LogP contribution in [0.15, 0.2) is 72.8 Å². The van der Waals surface area contributed by atoms with Crippen LogP contribution < -0.4 is 10.1 Å². The van der Waals surface area contributed by atoms with Crippen LogP contribution in [0.2, 0.25) is 0 Å². The van der Waals surface area contributed by atoms with Crippen molar-refractivity contribution in [1.82, 2.24) is 0 Å². The number of amides is 1. The van der Waals surface area contributed by atoms with Gasteiger partial charge in [0.05, 0.1) is 6.61 Å². The molecule has 3 nitrogen and oxygen atoms in total. The summed E-state index contributed by atoms with van der Waals surface area (Å²) in [6.07, 6.45) is 1.90. The molecule has 0 atom stereocenters. The highest BCUT2D eigenvalue weighted by atomic mass is 16.5. The zero-order valence-electron chi connectivity index (χ0n) is 14.5. The van der Waals surface area contributed by atoms with Gasteiger partial charge in [-0.3, -0.25) is 4.79 Å². The van der Waals surface area contributed by atoms with Crippen molar-refractivity contribution in [3.05, 3.63) is 83.9 Å². The Morgan fingerprint density at radius 2 is 1.69 bits per heavy atom. The van der Waals surface area contributed by atoms with Crippen molar-refractivity contribution in [2.24, 2.45) is 0 Å². The number of rotatable bonds is 4. The first-order chi connectivity index (χ1) is 12.8. The third-order valence-corrected chi connectivity index (χ3v) is 4.43. The number of carbonyl (C=O) groups excluding carboxylic acids is 1. The van der Waals surface area contributed by atoms with Crippen LogP contribution in [0.3, 0.4) is 0 Å². The lowest BCUT2D eigenvalue weighted by Crippen LogP contribution is -2.03. The average Bonchev–Trinajstić information content (AvgIpc) is 2.99. The van der Waals surface area contributed by atoms with Crippen LogP contribution in [-0.2, 0) is 4.79 Å². The highest BCUT2D eigenvalue weighted by Crippen LogP contribution is 2.37. The van der Waals surface area contributed by atoms with Gasteiger partial charge >= 0.3 is 0 Å². The lowest BCUT2D eigenvalue weighted by Gasteiger charge is -2.07. The number of ether oxygens (including phenoxy) is 1. The molecule has 3 aromatic carbocycles. The number of hydrogen-bond donors (Lipinski definition) is 1. The predicted molar refractivity (Wildman–Crippen MR) is 106 cm³/mol. The van der Waals surface area contributed by atoms with Crippen LogP contribution in [0.4, 0.5) is 5.69 Å². The molecule has 0 aliphatic carbocycles. The first kappa shape index (κ1) is 16.2. The summed E-state index contributed by atoms with van der Waals surface area (Å²) in [6.45, 7) is 2.54. The summed E-state index contributed by atoms with van der Waals surface area (Å²) in [7, 11) is 0. The zero-order valence-corrected chi connectivity index (χ0v) is 14.5. The summed E-state index contributed by atoms with van der Waals surface area (Å²) in [4.78, 5) is 12.5. The highest BCUT2D eigenvalue weighted by molar-refractivity contribution is 6.35. The van der Waals surface area contributed by atoms with E-state index in [-0.39, 0.29) is 5.91 Å². The summed E-state index contributed by atoms with van der Waals surface area (Å²) in [6, 6.07) is 24.0. The fourth-order valence-corrected chi connectivity index (χ4v) is 3.19. The standard InChI is InChI=1S/C23H19NO2/c1-2-26-22-11-7-6-10-18(22)14-20-19-13-12-17(15-21(19)24-23(20)25)16-8-4-3-5-9-16/h3-15H,2H2,1H3,(H,24,25)/b20-14+. The Morgan fingerprint density at radius 3 is 2.50 bits per heavy atom. The number of para-hydroxylation sites is 1. The van der Waals surface area contributed by atoms with Crippen LogP contribution in [0.5, 0.6) is 5.75 Å². The Balaban J connectivity index is 1.75. The lowest BCUT2D eigenvalue weighted by atomic mass is 9.99. The molecule has 1 amide bonds. The van der Waals surface area contributed by atoms with Gasteiger partial charge in [0.25, 0.3) is 5.91 Å². The zero-order chi connectivity index (χ0) is 17.9. The summed E-state index contributed by atoms with van der Waals surface area (Å²) >= 11 is 0. The summed E-state index contributed by atoms with van der Waals surface area (Å²) in [5, 5.41) is 2.98. The van der Waals surface area contributed by atoms with Gasteiger partial charge in [-0.15, -0.1) is 0 Å². The van der Waals surface area contributed by atoms with Crippen LogP contribution in [-0.4, -0.2) is 12.5 Å². The van der Waals surface area contributed by atoms with E-state index in [1.54, 1.807) is 0 Å². The summed E-state index contributed by atoms with van der Waals surface area (Å²) in [5.74, 6) is 0.696. The van der Waals surface area contributed by atoms with Crippen LogP contribution in [0, 0.1) is 0 Å². The third-order valence-electron chi connectivity index (χ3n) is 4.43. The molecule has 1 aliphatic heterocycles. The second-order valence-electron chi connectivity index (χ2n) is 6.11. The summed E-state index contributed by atoms with van der Waals surface area (Å²) < 4.78 is 5.67. The molecule has 3 heteroatoms. The Morgan fingerprint density at radius 1 is 0.923 bits per heavy atom. The van der Waals surface area contributed by atoms with Crippen LogP contribution in [0.1, 0.15) is 18.1 Å². The van der Waals surface area contributed by atoms with Crippen molar-refractivity contribution in [3.63, 3.8) is 0 Å². The molecule has 0 saturated heterocycles. The van der Waals surface area contributed by atoms with Gasteiger partial charge in [0.15, 0.2) is 0 Å². The van der Waals surface area contributed by atoms with Gasteiger partial charge in [-0.2, -0.15) is 0 Å². The van der Waals surface area contributed by atoms with E-state index in [0.29, 0.717) is 12.2 Å². The van der Waals surface area contributed by atoms with E-state index in [4.69, 9.17) is 4.74 Å². The number of carbonyl (C=O) groups is 1. The maximum atomic E-state index is 12.5. The molecule has 128 valence electrons. The lowest BCUT2D eigenvalue weighted by molar-refractivity contribution is -0.110. The quantitative estimate of drug-likeness (QED) is 0.659. The van der Waals surface area contributed by atoms with Crippen molar-refractivity contribution in [2.45, 2.75) is 6.92 Å². The van der Waals surface area contributed by atoms with E-state index in [1.165, 1.54) is 0 Å². The van der Waals surface area contributed by atoms with Gasteiger partial charge < -0.3 is 10.1 Å². The summed E-state index contributed by atoms with van der Waals surface area (Å²) in [5.41, 5.74) is 5.54. The number of anilines is 1. The van der Waals surface area contributed by atoms with Gasteiger partial charge in [-0.25, -0.2) is 0 Å². The average molecular weight is 341 g/mol. The van der Waals surface area contributed by atoms with E-state index >= 15 is 0 Å². The molecule has 0 spiro atoms. The minimum Gasteiger partial charge on any atom is -0.493 e. The molecular formula is C23H19NO2.